The van der Waals surface area contributed by atoms with Gasteiger partial charge in [0.25, 0.3) is 0 Å². The molecule has 0 atom stereocenters. The van der Waals surface area contributed by atoms with Crippen LogP contribution in [-0.4, -0.2) is 13.2 Å². The molecule has 3 heteroatoms. The summed E-state index contributed by atoms with van der Waals surface area (Å²) in [7, 11) is 0. The van der Waals surface area contributed by atoms with E-state index in [-0.39, 0.29) is 0 Å². The number of para-hydroxylation sites is 4. The van der Waals surface area contributed by atoms with Crippen molar-refractivity contribution in [1.82, 2.24) is 0 Å². The molecular weight excluding hydrogens is 358 g/mol. The Balaban J connectivity index is 0.000000989. The van der Waals surface area contributed by atoms with Gasteiger partial charge in [0.15, 0.2) is 11.5 Å². The predicted octanol–water partition coefficient (Wildman–Crippen LogP) is 8.04. The van der Waals surface area contributed by atoms with Gasteiger partial charge in [-0.15, -0.1) is 0 Å². The minimum absolute atomic E-state index is 0.532. The molecule has 1 heterocycles. The second kappa shape index (κ2) is 13.3. The standard InChI is InChI=1S/C22H23NO2.2C2H6/c1-4-17(2)13-14-18(3)24-16-15-23-19-9-5-7-11-21(19)25-22-12-8-6-10-20(22)23;2*1-2/h5-14H,2-4,15-16H2,1H3;2*1-2H3/b14-13-;;. The number of anilines is 2. The van der Waals surface area contributed by atoms with E-state index in [1.807, 2.05) is 76.2 Å². The lowest BCUT2D eigenvalue weighted by Gasteiger charge is -2.32. The van der Waals surface area contributed by atoms with Crippen molar-refractivity contribution in [2.24, 2.45) is 0 Å². The highest BCUT2D eigenvalue weighted by Gasteiger charge is 2.23. The molecule has 0 N–H and O–H groups in total. The number of fused-ring (bicyclic) bond motifs is 2. The molecule has 0 aromatic heterocycles. The van der Waals surface area contributed by atoms with E-state index in [0.29, 0.717) is 18.9 Å². The summed E-state index contributed by atoms with van der Waals surface area (Å²) >= 11 is 0. The Morgan fingerprint density at radius 2 is 1.41 bits per heavy atom. The molecule has 2 aromatic carbocycles. The SMILES string of the molecule is C=C(/C=C\C(=C)OCCN1c2ccccc2Oc2ccccc21)CC.CC.CC. The maximum atomic E-state index is 5.99. The Kier molecular flexibility index (Phi) is 11.0. The summed E-state index contributed by atoms with van der Waals surface area (Å²) in [5, 5.41) is 0. The number of allylic oxidation sites excluding steroid dienone is 3. The van der Waals surface area contributed by atoms with Gasteiger partial charge in [0, 0.05) is 0 Å². The Labute approximate surface area is 177 Å². The minimum Gasteiger partial charge on any atom is -0.492 e. The van der Waals surface area contributed by atoms with Gasteiger partial charge in [-0.25, -0.2) is 0 Å². The highest BCUT2D eigenvalue weighted by Crippen LogP contribution is 2.45. The van der Waals surface area contributed by atoms with Crippen molar-refractivity contribution in [3.05, 3.63) is 85.2 Å². The molecule has 29 heavy (non-hydrogen) atoms. The summed E-state index contributed by atoms with van der Waals surface area (Å²) in [6, 6.07) is 16.1. The van der Waals surface area contributed by atoms with Crippen LogP contribution < -0.4 is 9.64 Å². The molecule has 1 aliphatic rings. The molecule has 0 bridgehead atoms. The Hall–Kier alpha value is -2.94. The second-order valence-electron chi connectivity index (χ2n) is 5.85. The van der Waals surface area contributed by atoms with Crippen molar-refractivity contribution < 1.29 is 9.47 Å². The molecule has 156 valence electrons. The van der Waals surface area contributed by atoms with E-state index in [4.69, 9.17) is 9.47 Å². The highest BCUT2D eigenvalue weighted by atomic mass is 16.5. The molecule has 0 spiro atoms. The lowest BCUT2D eigenvalue weighted by atomic mass is 10.1. The first kappa shape index (κ1) is 24.1. The van der Waals surface area contributed by atoms with Gasteiger partial charge in [0.05, 0.1) is 17.9 Å². The van der Waals surface area contributed by atoms with Crippen LogP contribution in [0.25, 0.3) is 0 Å². The molecule has 0 unspecified atom stereocenters. The van der Waals surface area contributed by atoms with Gasteiger partial charge in [-0.2, -0.15) is 0 Å². The molecule has 3 nitrogen and oxygen atoms in total. The Bertz CT molecular complexity index is 762. The quantitative estimate of drug-likeness (QED) is 0.351. The zero-order valence-electron chi connectivity index (χ0n) is 18.6. The van der Waals surface area contributed by atoms with E-state index in [0.717, 1.165) is 34.9 Å². The van der Waals surface area contributed by atoms with Crippen LogP contribution in [-0.2, 0) is 4.74 Å². The molecule has 0 fully saturated rings. The van der Waals surface area contributed by atoms with Crippen LogP contribution in [0.2, 0.25) is 0 Å². The van der Waals surface area contributed by atoms with Crippen molar-refractivity contribution in [2.45, 2.75) is 41.0 Å². The number of benzene rings is 2. The zero-order valence-corrected chi connectivity index (χ0v) is 18.6. The van der Waals surface area contributed by atoms with Gasteiger partial charge < -0.3 is 14.4 Å². The van der Waals surface area contributed by atoms with Crippen LogP contribution in [0.3, 0.4) is 0 Å². The van der Waals surface area contributed by atoms with E-state index < -0.39 is 0 Å². The fourth-order valence-electron chi connectivity index (χ4n) is 2.67. The van der Waals surface area contributed by atoms with Crippen molar-refractivity contribution in [2.75, 3.05) is 18.1 Å². The third-order valence-corrected chi connectivity index (χ3v) is 4.09. The number of hydrogen-bond acceptors (Lipinski definition) is 3. The van der Waals surface area contributed by atoms with Crippen molar-refractivity contribution >= 4 is 11.4 Å². The van der Waals surface area contributed by atoms with Crippen molar-refractivity contribution in [3.63, 3.8) is 0 Å². The molecular formula is C26H35NO2. The third-order valence-electron chi connectivity index (χ3n) is 4.09. The average molecular weight is 394 g/mol. The summed E-state index contributed by atoms with van der Waals surface area (Å²) < 4.78 is 11.8. The van der Waals surface area contributed by atoms with Crippen LogP contribution >= 0.6 is 0 Å². The van der Waals surface area contributed by atoms with Crippen LogP contribution in [0.1, 0.15) is 41.0 Å². The Morgan fingerprint density at radius 3 is 1.93 bits per heavy atom. The molecule has 0 saturated carbocycles. The predicted molar refractivity (Wildman–Crippen MR) is 126 cm³/mol. The zero-order chi connectivity index (χ0) is 21.6. The van der Waals surface area contributed by atoms with E-state index in [1.165, 1.54) is 0 Å². The number of nitrogens with zero attached hydrogens (tertiary/aromatic N) is 1. The van der Waals surface area contributed by atoms with Crippen LogP contribution in [0.15, 0.2) is 85.2 Å². The number of hydrogen-bond donors (Lipinski definition) is 0. The van der Waals surface area contributed by atoms with Gasteiger partial charge in [-0.1, -0.05) is 83.7 Å². The van der Waals surface area contributed by atoms with Gasteiger partial charge in [0.1, 0.15) is 12.4 Å². The van der Waals surface area contributed by atoms with Gasteiger partial charge in [-0.05, 0) is 36.8 Å². The van der Waals surface area contributed by atoms with Crippen molar-refractivity contribution in [1.29, 1.82) is 0 Å². The largest absolute Gasteiger partial charge is 0.492 e. The number of rotatable bonds is 7. The van der Waals surface area contributed by atoms with E-state index in [9.17, 15) is 0 Å². The van der Waals surface area contributed by atoms with Crippen LogP contribution in [0.5, 0.6) is 11.5 Å². The number of ether oxygens (including phenoxy) is 2. The average Bonchev–Trinajstić information content (AvgIpc) is 2.79. The van der Waals surface area contributed by atoms with E-state index in [2.05, 4.69) is 37.1 Å². The molecule has 1 aliphatic heterocycles. The summed E-state index contributed by atoms with van der Waals surface area (Å²) in [5.41, 5.74) is 3.15. The summed E-state index contributed by atoms with van der Waals surface area (Å²) in [6.07, 6.45) is 4.74. The molecule has 0 aliphatic carbocycles. The Morgan fingerprint density at radius 1 is 0.897 bits per heavy atom. The first-order chi connectivity index (χ1) is 14.2. The monoisotopic (exact) mass is 393 g/mol. The molecule has 0 amide bonds. The first-order valence-corrected chi connectivity index (χ1v) is 10.5. The maximum Gasteiger partial charge on any atom is 0.151 e. The smallest absolute Gasteiger partial charge is 0.151 e. The normalized spacial score (nSPS) is 11.0. The van der Waals surface area contributed by atoms with Gasteiger partial charge in [0.2, 0.25) is 0 Å². The second-order valence-corrected chi connectivity index (χ2v) is 5.85. The molecule has 0 saturated heterocycles. The fraction of sp³-hybridized carbons (Fsp3) is 0.308. The topological polar surface area (TPSA) is 21.7 Å². The molecule has 0 radical (unpaired) electrons. The van der Waals surface area contributed by atoms with E-state index in [1.54, 1.807) is 0 Å². The summed E-state index contributed by atoms with van der Waals surface area (Å²) in [5.74, 6) is 2.36. The summed E-state index contributed by atoms with van der Waals surface area (Å²) in [6.45, 7) is 19.2. The summed E-state index contributed by atoms with van der Waals surface area (Å²) in [4.78, 5) is 2.22. The first-order valence-electron chi connectivity index (χ1n) is 10.5. The maximum absolute atomic E-state index is 5.99. The third kappa shape index (κ3) is 6.86. The van der Waals surface area contributed by atoms with Crippen LogP contribution in [0.4, 0.5) is 11.4 Å². The highest BCUT2D eigenvalue weighted by molar-refractivity contribution is 5.77. The lowest BCUT2D eigenvalue weighted by Crippen LogP contribution is -2.25. The van der Waals surface area contributed by atoms with Crippen molar-refractivity contribution in [3.8, 4) is 11.5 Å². The molecule has 3 rings (SSSR count). The minimum atomic E-state index is 0.532. The fourth-order valence-corrected chi connectivity index (χ4v) is 2.67. The lowest BCUT2D eigenvalue weighted by molar-refractivity contribution is 0.234. The van der Waals surface area contributed by atoms with Crippen LogP contribution in [0, 0.1) is 0 Å². The molecule has 2 aromatic rings. The van der Waals surface area contributed by atoms with E-state index >= 15 is 0 Å². The van der Waals surface area contributed by atoms with Gasteiger partial charge in [-0.3, -0.25) is 0 Å². The van der Waals surface area contributed by atoms with Gasteiger partial charge >= 0.3 is 0 Å².